The van der Waals surface area contributed by atoms with Crippen LogP contribution in [0.15, 0.2) is 48.5 Å². The van der Waals surface area contributed by atoms with Crippen molar-refractivity contribution in [1.29, 1.82) is 0 Å². The molecule has 3 heteroatoms. The first-order valence-electron chi connectivity index (χ1n) is 8.62. The summed E-state index contributed by atoms with van der Waals surface area (Å²) in [6.45, 7) is 8.68. The van der Waals surface area contributed by atoms with Gasteiger partial charge in [0.1, 0.15) is 5.75 Å². The Balaban J connectivity index is 1.84. The van der Waals surface area contributed by atoms with E-state index in [1.807, 2.05) is 36.4 Å². The molecule has 128 valence electrons. The third-order valence-corrected chi connectivity index (χ3v) is 4.29. The summed E-state index contributed by atoms with van der Waals surface area (Å²) in [7, 11) is 0. The third kappa shape index (κ3) is 5.12. The highest BCUT2D eigenvalue weighted by Crippen LogP contribution is 2.21. The van der Waals surface area contributed by atoms with Crippen molar-refractivity contribution < 1.29 is 9.53 Å². The van der Waals surface area contributed by atoms with Crippen molar-refractivity contribution in [2.75, 3.05) is 11.9 Å². The fourth-order valence-electron chi connectivity index (χ4n) is 2.43. The molecule has 0 aromatic heterocycles. The Morgan fingerprint density at radius 3 is 2.08 bits per heavy atom. The molecular weight excluding hydrogens is 298 g/mol. The van der Waals surface area contributed by atoms with Crippen LogP contribution in [0.5, 0.6) is 5.75 Å². The van der Waals surface area contributed by atoms with E-state index in [0.29, 0.717) is 17.6 Å². The van der Waals surface area contributed by atoms with Crippen LogP contribution in [-0.4, -0.2) is 12.5 Å². The maximum Gasteiger partial charge on any atom is 0.262 e. The molecule has 2 aromatic rings. The fourth-order valence-corrected chi connectivity index (χ4v) is 2.43. The number of nitrogens with one attached hydrogen (secondary N) is 1. The Labute approximate surface area is 145 Å². The van der Waals surface area contributed by atoms with Crippen LogP contribution in [0.25, 0.3) is 0 Å². The zero-order valence-corrected chi connectivity index (χ0v) is 15.0. The summed E-state index contributed by atoms with van der Waals surface area (Å²) in [5, 5.41) is 2.85. The first-order chi connectivity index (χ1) is 11.5. The summed E-state index contributed by atoms with van der Waals surface area (Å²) < 4.78 is 5.56. The second kappa shape index (κ2) is 8.53. The van der Waals surface area contributed by atoms with Crippen molar-refractivity contribution >= 4 is 11.6 Å². The highest BCUT2D eigenvalue weighted by Gasteiger charge is 2.06. The topological polar surface area (TPSA) is 38.3 Å². The number of hydrogen-bond acceptors (Lipinski definition) is 2. The average Bonchev–Trinajstić information content (AvgIpc) is 2.60. The Morgan fingerprint density at radius 2 is 1.54 bits per heavy atom. The summed E-state index contributed by atoms with van der Waals surface area (Å²) in [6.07, 6.45) is 1.11. The summed E-state index contributed by atoms with van der Waals surface area (Å²) in [6, 6.07) is 15.9. The van der Waals surface area contributed by atoms with Gasteiger partial charge in [0.05, 0.1) is 0 Å². The molecule has 1 atom stereocenters. The molecule has 0 aliphatic heterocycles. The molecule has 0 saturated heterocycles. The van der Waals surface area contributed by atoms with Gasteiger partial charge in [0.25, 0.3) is 5.91 Å². The van der Waals surface area contributed by atoms with Crippen LogP contribution >= 0.6 is 0 Å². The molecule has 0 heterocycles. The van der Waals surface area contributed by atoms with E-state index in [9.17, 15) is 4.79 Å². The Bertz CT molecular complexity index is 645. The average molecular weight is 325 g/mol. The number of benzene rings is 2. The van der Waals surface area contributed by atoms with Gasteiger partial charge in [-0.3, -0.25) is 4.79 Å². The summed E-state index contributed by atoms with van der Waals surface area (Å²) >= 11 is 0. The van der Waals surface area contributed by atoms with Crippen LogP contribution < -0.4 is 10.1 Å². The Morgan fingerprint density at radius 1 is 0.958 bits per heavy atom. The SMILES string of the molecule is CC[C@H](C)c1ccc(OCC(=O)Nc2ccc(C(C)C)cc2)cc1. The van der Waals surface area contributed by atoms with Gasteiger partial charge in [0.2, 0.25) is 0 Å². The molecule has 2 aromatic carbocycles. The van der Waals surface area contributed by atoms with Crippen molar-refractivity contribution in [3.05, 3.63) is 59.7 Å². The molecule has 0 spiro atoms. The Hall–Kier alpha value is -2.29. The predicted molar refractivity (Wildman–Crippen MR) is 99.8 cm³/mol. The quantitative estimate of drug-likeness (QED) is 0.746. The van der Waals surface area contributed by atoms with Crippen molar-refractivity contribution in [2.45, 2.75) is 46.0 Å². The first kappa shape index (κ1) is 18.1. The zero-order valence-electron chi connectivity index (χ0n) is 15.0. The van der Waals surface area contributed by atoms with Crippen LogP contribution in [-0.2, 0) is 4.79 Å². The molecule has 0 saturated carbocycles. The number of anilines is 1. The summed E-state index contributed by atoms with van der Waals surface area (Å²) in [5.74, 6) is 1.58. The van der Waals surface area contributed by atoms with Gasteiger partial charge >= 0.3 is 0 Å². The number of amides is 1. The molecule has 1 N–H and O–H groups in total. The number of hydrogen-bond donors (Lipinski definition) is 1. The lowest BCUT2D eigenvalue weighted by Crippen LogP contribution is -2.20. The third-order valence-electron chi connectivity index (χ3n) is 4.29. The number of rotatable bonds is 7. The molecular formula is C21H27NO2. The van der Waals surface area contributed by atoms with Crippen molar-refractivity contribution in [3.8, 4) is 5.75 Å². The van der Waals surface area contributed by atoms with Crippen LogP contribution in [0.3, 0.4) is 0 Å². The normalized spacial score (nSPS) is 12.0. The minimum Gasteiger partial charge on any atom is -0.484 e. The largest absolute Gasteiger partial charge is 0.484 e. The lowest BCUT2D eigenvalue weighted by molar-refractivity contribution is -0.118. The number of carbonyl (C=O) groups is 1. The molecule has 0 unspecified atom stereocenters. The molecule has 0 fully saturated rings. The van der Waals surface area contributed by atoms with E-state index in [1.54, 1.807) is 0 Å². The van der Waals surface area contributed by atoms with Gasteiger partial charge in [-0.05, 0) is 53.6 Å². The maximum atomic E-state index is 12.0. The van der Waals surface area contributed by atoms with Crippen LogP contribution in [0.2, 0.25) is 0 Å². The summed E-state index contributed by atoms with van der Waals surface area (Å²) in [4.78, 5) is 12.0. The fraction of sp³-hybridized carbons (Fsp3) is 0.381. The zero-order chi connectivity index (χ0) is 17.5. The van der Waals surface area contributed by atoms with Gasteiger partial charge in [-0.2, -0.15) is 0 Å². The van der Waals surface area contributed by atoms with E-state index >= 15 is 0 Å². The highest BCUT2D eigenvalue weighted by molar-refractivity contribution is 5.91. The molecule has 24 heavy (non-hydrogen) atoms. The standard InChI is InChI=1S/C21H27NO2/c1-5-16(4)18-8-12-20(13-9-18)24-14-21(23)22-19-10-6-17(7-11-19)15(2)3/h6-13,15-16H,5,14H2,1-4H3,(H,22,23)/t16-/m0/s1. The molecule has 0 aliphatic rings. The maximum absolute atomic E-state index is 12.0. The van der Waals surface area contributed by atoms with E-state index in [4.69, 9.17) is 4.74 Å². The van der Waals surface area contributed by atoms with Gasteiger partial charge in [-0.25, -0.2) is 0 Å². The van der Waals surface area contributed by atoms with E-state index in [1.165, 1.54) is 11.1 Å². The first-order valence-corrected chi connectivity index (χ1v) is 8.62. The van der Waals surface area contributed by atoms with Gasteiger partial charge in [0.15, 0.2) is 6.61 Å². The van der Waals surface area contributed by atoms with E-state index in [-0.39, 0.29) is 12.5 Å². The van der Waals surface area contributed by atoms with Gasteiger partial charge in [-0.1, -0.05) is 52.0 Å². The van der Waals surface area contributed by atoms with E-state index < -0.39 is 0 Å². The lowest BCUT2D eigenvalue weighted by Gasteiger charge is -2.11. The monoisotopic (exact) mass is 325 g/mol. The van der Waals surface area contributed by atoms with Crippen molar-refractivity contribution in [2.24, 2.45) is 0 Å². The Kier molecular flexibility index (Phi) is 6.42. The van der Waals surface area contributed by atoms with E-state index in [2.05, 4.69) is 45.1 Å². The van der Waals surface area contributed by atoms with Gasteiger partial charge in [0, 0.05) is 5.69 Å². The minimum atomic E-state index is -0.154. The highest BCUT2D eigenvalue weighted by atomic mass is 16.5. The second-order valence-corrected chi connectivity index (χ2v) is 6.49. The molecule has 2 rings (SSSR count). The molecule has 1 amide bonds. The molecule has 3 nitrogen and oxygen atoms in total. The molecule has 0 aliphatic carbocycles. The number of carbonyl (C=O) groups excluding carboxylic acids is 1. The second-order valence-electron chi connectivity index (χ2n) is 6.49. The smallest absolute Gasteiger partial charge is 0.262 e. The van der Waals surface area contributed by atoms with Gasteiger partial charge < -0.3 is 10.1 Å². The summed E-state index contributed by atoms with van der Waals surface area (Å²) in [5.41, 5.74) is 3.34. The molecule has 0 radical (unpaired) electrons. The van der Waals surface area contributed by atoms with Crippen LogP contribution in [0.4, 0.5) is 5.69 Å². The minimum absolute atomic E-state index is 0.00854. The number of ether oxygens (including phenoxy) is 1. The van der Waals surface area contributed by atoms with E-state index in [0.717, 1.165) is 12.1 Å². The van der Waals surface area contributed by atoms with Crippen LogP contribution in [0, 0.1) is 0 Å². The lowest BCUT2D eigenvalue weighted by atomic mass is 9.99. The van der Waals surface area contributed by atoms with Gasteiger partial charge in [-0.15, -0.1) is 0 Å². The predicted octanol–water partition coefficient (Wildman–Crippen LogP) is 5.34. The van der Waals surface area contributed by atoms with Crippen molar-refractivity contribution in [3.63, 3.8) is 0 Å². The van der Waals surface area contributed by atoms with Crippen molar-refractivity contribution in [1.82, 2.24) is 0 Å². The van der Waals surface area contributed by atoms with Crippen LogP contribution in [0.1, 0.15) is 57.1 Å². The molecule has 0 bridgehead atoms.